The monoisotopic (exact) mass is 554 g/mol. The van der Waals surface area contributed by atoms with Crippen LogP contribution in [-0.4, -0.2) is 58.2 Å². The van der Waals surface area contributed by atoms with E-state index in [1.54, 1.807) is 21.6 Å². The zero-order valence-electron chi connectivity index (χ0n) is 9.16. The lowest BCUT2D eigenvalue weighted by atomic mass is 10.4. The zero-order chi connectivity index (χ0) is 13.6. The van der Waals surface area contributed by atoms with Gasteiger partial charge in [-0.3, -0.25) is 0 Å². The van der Waals surface area contributed by atoms with Crippen molar-refractivity contribution in [3.8, 4) is 0 Å². The van der Waals surface area contributed by atoms with Crippen molar-refractivity contribution in [2.75, 3.05) is 23.0 Å². The van der Waals surface area contributed by atoms with E-state index in [2.05, 4.69) is 45.2 Å². The molecule has 0 radical (unpaired) electrons. The fourth-order valence-corrected chi connectivity index (χ4v) is 16.9. The van der Waals surface area contributed by atoms with Gasteiger partial charge in [-0.15, -0.1) is 0 Å². The maximum Gasteiger partial charge on any atom is 0.152 e. The third kappa shape index (κ3) is 4.28. The average molecular weight is 554 g/mol. The first-order chi connectivity index (χ1) is 8.19. The number of hydrogen-bond donors (Lipinski definition) is 0. The van der Waals surface area contributed by atoms with Crippen LogP contribution in [0.1, 0.15) is 0 Å². The highest BCUT2D eigenvalue weighted by Gasteiger charge is 2.40. The lowest BCUT2D eigenvalue weighted by Crippen LogP contribution is -2.16. The second-order valence-electron chi connectivity index (χ2n) is 4.46. The van der Waals surface area contributed by atoms with Gasteiger partial charge in [0.15, 0.2) is 19.7 Å². The van der Waals surface area contributed by atoms with Gasteiger partial charge in [0.25, 0.3) is 0 Å². The highest BCUT2D eigenvalue weighted by molar-refractivity contribution is 14.1. The van der Waals surface area contributed by atoms with Gasteiger partial charge in [0.05, 0.1) is 23.0 Å². The van der Waals surface area contributed by atoms with Crippen LogP contribution < -0.4 is 0 Å². The van der Waals surface area contributed by atoms with Crippen LogP contribution in [-0.2, 0) is 19.7 Å². The van der Waals surface area contributed by atoms with Crippen LogP contribution in [0.15, 0.2) is 0 Å². The molecule has 2 aliphatic heterocycles. The molecule has 0 aromatic heterocycles. The highest BCUT2D eigenvalue weighted by atomic mass is 127. The number of halogens is 2. The molecule has 106 valence electrons. The molecular weight excluding hydrogens is 542 g/mol. The fourth-order valence-electron chi connectivity index (χ4n) is 1.86. The molecule has 2 aliphatic rings. The van der Waals surface area contributed by atoms with Gasteiger partial charge in [0, 0.05) is 18.3 Å². The molecule has 4 atom stereocenters. The standard InChI is InChI=1S/C8H12I2O4S4/c9-5-1-17(11,12)3-7(5)15-16-8-4-18(13,14)2-6(8)10/h5-8H,1-4H2/t5-,6-,7-,8+/m0/s1. The van der Waals surface area contributed by atoms with Crippen LogP contribution in [0.5, 0.6) is 0 Å². The molecule has 18 heavy (non-hydrogen) atoms. The van der Waals surface area contributed by atoms with Crippen molar-refractivity contribution < 1.29 is 16.8 Å². The summed E-state index contributed by atoms with van der Waals surface area (Å²) in [7, 11) is -2.66. The summed E-state index contributed by atoms with van der Waals surface area (Å²) < 4.78 is 46.2. The van der Waals surface area contributed by atoms with E-state index in [0.29, 0.717) is 0 Å². The minimum absolute atomic E-state index is 0.0903. The van der Waals surface area contributed by atoms with Crippen LogP contribution in [0.4, 0.5) is 0 Å². The van der Waals surface area contributed by atoms with Gasteiger partial charge in [-0.05, 0) is 0 Å². The van der Waals surface area contributed by atoms with E-state index in [4.69, 9.17) is 0 Å². The van der Waals surface area contributed by atoms with E-state index in [-0.39, 0.29) is 41.4 Å². The van der Waals surface area contributed by atoms with Crippen molar-refractivity contribution in [2.24, 2.45) is 0 Å². The molecule has 0 N–H and O–H groups in total. The summed E-state index contributed by atoms with van der Waals surface area (Å²) in [6.45, 7) is 0. The number of hydrogen-bond acceptors (Lipinski definition) is 6. The van der Waals surface area contributed by atoms with Crippen molar-refractivity contribution in [2.45, 2.75) is 18.3 Å². The molecule has 2 heterocycles. The Labute approximate surface area is 143 Å². The summed E-state index contributed by atoms with van der Waals surface area (Å²) in [4.78, 5) is 0. The van der Waals surface area contributed by atoms with E-state index < -0.39 is 19.7 Å². The van der Waals surface area contributed by atoms with Gasteiger partial charge < -0.3 is 0 Å². The molecule has 0 saturated carbocycles. The summed E-state index contributed by atoms with van der Waals surface area (Å²) in [5.74, 6) is 0.956. The van der Waals surface area contributed by atoms with E-state index >= 15 is 0 Å². The molecule has 0 bridgehead atoms. The molecule has 2 rings (SSSR count). The Morgan fingerprint density at radius 2 is 1.06 bits per heavy atom. The smallest absolute Gasteiger partial charge is 0.152 e. The van der Waals surface area contributed by atoms with Crippen LogP contribution in [0.2, 0.25) is 0 Å². The molecule has 4 nitrogen and oxygen atoms in total. The highest BCUT2D eigenvalue weighted by Crippen LogP contribution is 2.43. The van der Waals surface area contributed by atoms with E-state index in [1.807, 2.05) is 0 Å². The molecule has 0 spiro atoms. The summed E-state index contributed by atoms with van der Waals surface area (Å²) >= 11 is 4.37. The van der Waals surface area contributed by atoms with E-state index in [1.165, 1.54) is 0 Å². The van der Waals surface area contributed by atoms with Crippen LogP contribution in [0.3, 0.4) is 0 Å². The predicted molar refractivity (Wildman–Crippen MR) is 95.7 cm³/mol. The van der Waals surface area contributed by atoms with Crippen molar-refractivity contribution in [1.29, 1.82) is 0 Å². The zero-order valence-corrected chi connectivity index (χ0v) is 16.7. The Hall–Kier alpha value is 2.06. The molecule has 2 saturated heterocycles. The van der Waals surface area contributed by atoms with Crippen LogP contribution in [0.25, 0.3) is 0 Å². The Morgan fingerprint density at radius 1 is 0.722 bits per heavy atom. The molecule has 0 amide bonds. The van der Waals surface area contributed by atoms with E-state index in [0.717, 1.165) is 0 Å². The first kappa shape index (κ1) is 16.4. The second-order valence-corrected chi connectivity index (χ2v) is 14.7. The topological polar surface area (TPSA) is 68.3 Å². The third-order valence-electron chi connectivity index (χ3n) is 2.77. The molecule has 0 aromatic carbocycles. The largest absolute Gasteiger partial charge is 0.229 e. The minimum Gasteiger partial charge on any atom is -0.229 e. The van der Waals surface area contributed by atoms with Crippen molar-refractivity contribution in [3.05, 3.63) is 0 Å². The molecule has 0 aliphatic carbocycles. The Morgan fingerprint density at radius 3 is 1.28 bits per heavy atom. The average Bonchev–Trinajstić information content (AvgIpc) is 2.59. The van der Waals surface area contributed by atoms with Gasteiger partial charge in [-0.2, -0.15) is 0 Å². The van der Waals surface area contributed by atoms with E-state index in [9.17, 15) is 16.8 Å². The summed E-state index contributed by atoms with van der Waals surface area (Å²) in [6, 6.07) is 0. The summed E-state index contributed by atoms with van der Waals surface area (Å²) in [5.41, 5.74) is 0. The Kier molecular flexibility index (Phi) is 5.52. The Bertz CT molecular complexity index is 469. The minimum atomic E-state index is -2.89. The van der Waals surface area contributed by atoms with Crippen molar-refractivity contribution in [3.63, 3.8) is 0 Å². The number of rotatable bonds is 3. The molecule has 0 unspecified atom stereocenters. The Balaban J connectivity index is 1.90. The van der Waals surface area contributed by atoms with Crippen molar-refractivity contribution in [1.82, 2.24) is 0 Å². The molecule has 2 fully saturated rings. The molecule has 0 aromatic rings. The van der Waals surface area contributed by atoms with Crippen molar-refractivity contribution >= 4 is 86.4 Å². The maximum absolute atomic E-state index is 11.5. The van der Waals surface area contributed by atoms with Gasteiger partial charge in [-0.25, -0.2) is 16.8 Å². The number of alkyl halides is 2. The maximum atomic E-state index is 11.5. The number of sulfone groups is 2. The first-order valence-corrected chi connectivity index (χ1v) is 13.6. The lowest BCUT2D eigenvalue weighted by molar-refractivity contribution is 0.600. The fraction of sp³-hybridized carbons (Fsp3) is 1.00. The SMILES string of the molecule is O=S1(=O)C[C@H](SS[C@@H]2CS(=O)(=O)C[C@@H]2I)[C@@H](I)C1. The summed E-state index contributed by atoms with van der Waals surface area (Å²) in [6.07, 6.45) is 0. The predicted octanol–water partition coefficient (Wildman–Crippen LogP) is 1.57. The molecule has 10 heteroatoms. The molecular formula is C8H12I2O4S4. The normalized spacial score (nSPS) is 42.1. The third-order valence-corrected chi connectivity index (χ3v) is 14.9. The van der Waals surface area contributed by atoms with Gasteiger partial charge >= 0.3 is 0 Å². The van der Waals surface area contributed by atoms with Crippen LogP contribution in [0, 0.1) is 0 Å². The van der Waals surface area contributed by atoms with Gasteiger partial charge in [-0.1, -0.05) is 66.8 Å². The first-order valence-electron chi connectivity index (χ1n) is 5.20. The summed E-state index contributed by atoms with van der Waals surface area (Å²) in [5, 5.41) is 0.181. The second kappa shape index (κ2) is 6.05. The quantitative estimate of drug-likeness (QED) is 0.300. The van der Waals surface area contributed by atoms with Crippen LogP contribution >= 0.6 is 66.8 Å². The van der Waals surface area contributed by atoms with Gasteiger partial charge in [0.2, 0.25) is 0 Å². The van der Waals surface area contributed by atoms with Gasteiger partial charge in [0.1, 0.15) is 0 Å². The lowest BCUT2D eigenvalue weighted by Gasteiger charge is -2.15.